The second-order valence-corrected chi connectivity index (χ2v) is 6.53. The molecule has 2 aliphatic heterocycles. The van der Waals surface area contributed by atoms with E-state index < -0.39 is 0 Å². The predicted octanol–water partition coefficient (Wildman–Crippen LogP) is 0.833. The number of nitrogens with one attached hydrogen (secondary N) is 1. The summed E-state index contributed by atoms with van der Waals surface area (Å²) in [5.41, 5.74) is 0. The summed E-state index contributed by atoms with van der Waals surface area (Å²) in [6.45, 7) is 4.57. The molecule has 8 heteroatoms. The number of piperazine rings is 1. The van der Waals surface area contributed by atoms with E-state index in [1.807, 2.05) is 27.3 Å². The van der Waals surface area contributed by atoms with Crippen molar-refractivity contribution in [3.05, 3.63) is 22.4 Å². The standard InChI is InChI=1S/C15H21N3O3S.ClH/c19-14(10-12-11-21-8-3-16-12)17-4-6-18(7-5-17)15(20)13-2-1-9-22-13;/h1-2,9,12,16H,3-8,10-11H2;1H. The first-order valence-electron chi connectivity index (χ1n) is 7.66. The highest BCUT2D eigenvalue weighted by atomic mass is 35.5. The van der Waals surface area contributed by atoms with Crippen molar-refractivity contribution in [2.75, 3.05) is 45.9 Å². The Morgan fingerprint density at radius 1 is 1.26 bits per heavy atom. The molecule has 0 spiro atoms. The van der Waals surface area contributed by atoms with Gasteiger partial charge in [-0.3, -0.25) is 9.59 Å². The monoisotopic (exact) mass is 359 g/mol. The Balaban J connectivity index is 0.00000192. The lowest BCUT2D eigenvalue weighted by Gasteiger charge is -2.35. The second kappa shape index (κ2) is 8.63. The maximum Gasteiger partial charge on any atom is 0.264 e. The van der Waals surface area contributed by atoms with Crippen LogP contribution >= 0.6 is 23.7 Å². The summed E-state index contributed by atoms with van der Waals surface area (Å²) in [7, 11) is 0. The third-order valence-electron chi connectivity index (χ3n) is 4.07. The number of carbonyl (C=O) groups excluding carboxylic acids is 2. The van der Waals surface area contributed by atoms with E-state index in [2.05, 4.69) is 5.32 Å². The van der Waals surface area contributed by atoms with E-state index >= 15 is 0 Å². The van der Waals surface area contributed by atoms with E-state index in [-0.39, 0.29) is 30.3 Å². The predicted molar refractivity (Wildman–Crippen MR) is 91.3 cm³/mol. The molecule has 128 valence electrons. The van der Waals surface area contributed by atoms with Crippen molar-refractivity contribution in [3.8, 4) is 0 Å². The van der Waals surface area contributed by atoms with Crippen LogP contribution in [0.2, 0.25) is 0 Å². The lowest BCUT2D eigenvalue weighted by molar-refractivity contribution is -0.133. The summed E-state index contributed by atoms with van der Waals surface area (Å²) in [6, 6.07) is 3.85. The lowest BCUT2D eigenvalue weighted by atomic mass is 10.1. The van der Waals surface area contributed by atoms with Gasteiger partial charge in [0.25, 0.3) is 5.91 Å². The van der Waals surface area contributed by atoms with Gasteiger partial charge < -0.3 is 19.9 Å². The lowest BCUT2D eigenvalue weighted by Crippen LogP contribution is -2.52. The van der Waals surface area contributed by atoms with Crippen LogP contribution in [0.1, 0.15) is 16.1 Å². The van der Waals surface area contributed by atoms with Crippen LogP contribution in [0.5, 0.6) is 0 Å². The Hall–Kier alpha value is -1.15. The average molecular weight is 360 g/mol. The van der Waals surface area contributed by atoms with Gasteiger partial charge in [0.05, 0.1) is 18.1 Å². The van der Waals surface area contributed by atoms with Gasteiger partial charge in [-0.1, -0.05) is 6.07 Å². The molecule has 0 bridgehead atoms. The molecular weight excluding hydrogens is 338 g/mol. The highest BCUT2D eigenvalue weighted by molar-refractivity contribution is 7.12. The maximum absolute atomic E-state index is 12.3. The fourth-order valence-electron chi connectivity index (χ4n) is 2.81. The SMILES string of the molecule is Cl.O=C(CC1COCCN1)N1CCN(C(=O)c2cccs2)CC1. The van der Waals surface area contributed by atoms with Gasteiger partial charge >= 0.3 is 0 Å². The van der Waals surface area contributed by atoms with Gasteiger partial charge in [0, 0.05) is 45.2 Å². The van der Waals surface area contributed by atoms with Crippen LogP contribution < -0.4 is 5.32 Å². The minimum atomic E-state index is 0. The molecule has 23 heavy (non-hydrogen) atoms. The van der Waals surface area contributed by atoms with Crippen molar-refractivity contribution >= 4 is 35.6 Å². The maximum atomic E-state index is 12.3. The van der Waals surface area contributed by atoms with Gasteiger partial charge in [0.15, 0.2) is 0 Å². The number of rotatable bonds is 3. The quantitative estimate of drug-likeness (QED) is 0.868. The molecule has 1 N–H and O–H groups in total. The van der Waals surface area contributed by atoms with E-state index in [0.717, 1.165) is 11.4 Å². The minimum Gasteiger partial charge on any atom is -0.378 e. The van der Waals surface area contributed by atoms with Gasteiger partial charge in [-0.2, -0.15) is 0 Å². The van der Waals surface area contributed by atoms with E-state index in [4.69, 9.17) is 4.74 Å². The molecule has 0 radical (unpaired) electrons. The van der Waals surface area contributed by atoms with Gasteiger partial charge in [-0.15, -0.1) is 23.7 Å². The van der Waals surface area contributed by atoms with Crippen molar-refractivity contribution < 1.29 is 14.3 Å². The zero-order chi connectivity index (χ0) is 15.4. The molecule has 1 aromatic rings. The topological polar surface area (TPSA) is 61.9 Å². The number of nitrogens with zero attached hydrogens (tertiary/aromatic N) is 2. The Morgan fingerprint density at radius 2 is 2.00 bits per heavy atom. The van der Waals surface area contributed by atoms with E-state index in [0.29, 0.717) is 45.8 Å². The Kier molecular flexibility index (Phi) is 6.83. The molecule has 0 aliphatic carbocycles. The van der Waals surface area contributed by atoms with E-state index in [9.17, 15) is 9.59 Å². The van der Waals surface area contributed by atoms with Crippen LogP contribution in [0.25, 0.3) is 0 Å². The molecule has 3 rings (SSSR count). The molecule has 0 aromatic carbocycles. The fourth-order valence-corrected chi connectivity index (χ4v) is 3.50. The summed E-state index contributed by atoms with van der Waals surface area (Å²) >= 11 is 1.46. The molecule has 2 fully saturated rings. The molecule has 2 saturated heterocycles. The Morgan fingerprint density at radius 3 is 2.61 bits per heavy atom. The second-order valence-electron chi connectivity index (χ2n) is 5.58. The molecule has 2 aliphatic rings. The number of halogens is 1. The first kappa shape index (κ1) is 18.2. The minimum absolute atomic E-state index is 0. The first-order chi connectivity index (χ1) is 10.7. The molecule has 1 atom stereocenters. The third-order valence-corrected chi connectivity index (χ3v) is 4.93. The molecule has 1 unspecified atom stereocenters. The fraction of sp³-hybridized carbons (Fsp3) is 0.600. The van der Waals surface area contributed by atoms with Gasteiger partial charge in [-0.05, 0) is 11.4 Å². The van der Waals surface area contributed by atoms with Crippen molar-refractivity contribution in [1.29, 1.82) is 0 Å². The van der Waals surface area contributed by atoms with Crippen LogP contribution in [0.3, 0.4) is 0 Å². The number of ether oxygens (including phenoxy) is 1. The zero-order valence-corrected chi connectivity index (χ0v) is 14.5. The molecule has 3 heterocycles. The van der Waals surface area contributed by atoms with Gasteiger partial charge in [0.2, 0.25) is 5.91 Å². The van der Waals surface area contributed by atoms with Crippen LogP contribution in [-0.4, -0.2) is 73.6 Å². The van der Waals surface area contributed by atoms with Crippen molar-refractivity contribution in [2.45, 2.75) is 12.5 Å². The summed E-state index contributed by atoms with van der Waals surface area (Å²) in [5, 5.41) is 5.21. The van der Waals surface area contributed by atoms with Crippen molar-refractivity contribution in [2.24, 2.45) is 0 Å². The first-order valence-corrected chi connectivity index (χ1v) is 8.53. The summed E-state index contributed by atoms with van der Waals surface area (Å²) in [5.74, 6) is 0.218. The normalized spacial score (nSPS) is 21.7. The zero-order valence-electron chi connectivity index (χ0n) is 12.9. The number of carbonyl (C=O) groups is 2. The molecule has 1 aromatic heterocycles. The van der Waals surface area contributed by atoms with Crippen LogP contribution in [0, 0.1) is 0 Å². The summed E-state index contributed by atoms with van der Waals surface area (Å²) in [6.07, 6.45) is 0.471. The smallest absolute Gasteiger partial charge is 0.264 e. The summed E-state index contributed by atoms with van der Waals surface area (Å²) < 4.78 is 5.38. The summed E-state index contributed by atoms with van der Waals surface area (Å²) in [4.78, 5) is 29.0. The van der Waals surface area contributed by atoms with Crippen LogP contribution in [0.15, 0.2) is 17.5 Å². The van der Waals surface area contributed by atoms with Crippen LogP contribution in [-0.2, 0) is 9.53 Å². The molecular formula is C15H22ClN3O3S. The van der Waals surface area contributed by atoms with Crippen molar-refractivity contribution in [1.82, 2.24) is 15.1 Å². The highest BCUT2D eigenvalue weighted by Crippen LogP contribution is 2.14. The van der Waals surface area contributed by atoms with Gasteiger partial charge in [0.1, 0.15) is 0 Å². The van der Waals surface area contributed by atoms with Crippen molar-refractivity contribution in [3.63, 3.8) is 0 Å². The largest absolute Gasteiger partial charge is 0.378 e. The molecule has 0 saturated carbocycles. The molecule has 2 amide bonds. The average Bonchev–Trinajstić information content (AvgIpc) is 3.10. The van der Waals surface area contributed by atoms with E-state index in [1.165, 1.54) is 11.3 Å². The number of amides is 2. The Bertz CT molecular complexity index is 512. The highest BCUT2D eigenvalue weighted by Gasteiger charge is 2.27. The number of morpholine rings is 1. The number of hydrogen-bond acceptors (Lipinski definition) is 5. The Labute approximate surface area is 146 Å². The number of hydrogen-bond donors (Lipinski definition) is 1. The number of thiophene rings is 1. The third kappa shape index (κ3) is 4.67. The van der Waals surface area contributed by atoms with Crippen LogP contribution in [0.4, 0.5) is 0 Å². The molecule has 6 nitrogen and oxygen atoms in total. The van der Waals surface area contributed by atoms with E-state index in [1.54, 1.807) is 0 Å². The van der Waals surface area contributed by atoms with Gasteiger partial charge in [-0.25, -0.2) is 0 Å².